The monoisotopic (exact) mass is 333 g/mol. The van der Waals surface area contributed by atoms with Crippen LogP contribution in [0, 0.1) is 6.92 Å². The zero-order valence-corrected chi connectivity index (χ0v) is 13.0. The number of alkyl halides is 3. The predicted octanol–water partition coefficient (Wildman–Crippen LogP) is 2.12. The van der Waals surface area contributed by atoms with Gasteiger partial charge in [0.25, 0.3) is 0 Å². The van der Waals surface area contributed by atoms with Gasteiger partial charge >= 0.3 is 6.18 Å². The number of hydrogen-bond acceptors (Lipinski definition) is 4. The number of benzene rings is 1. The summed E-state index contributed by atoms with van der Waals surface area (Å²) in [6, 6.07) is 7.38. The molecular weight excluding hydrogens is 311 g/mol. The Bertz CT molecular complexity index is 496. The van der Waals surface area contributed by atoms with Crippen molar-refractivity contribution in [2.24, 2.45) is 0 Å². The van der Waals surface area contributed by atoms with Gasteiger partial charge in [0, 0.05) is 19.6 Å². The first kappa shape index (κ1) is 18.0. The van der Waals surface area contributed by atoms with Crippen molar-refractivity contribution in [2.75, 3.05) is 26.2 Å². The molecule has 130 valence electrons. The van der Waals surface area contributed by atoms with Crippen LogP contribution in [0.1, 0.15) is 18.4 Å². The Labute approximate surface area is 133 Å². The summed E-state index contributed by atoms with van der Waals surface area (Å²) in [7, 11) is 0. The van der Waals surface area contributed by atoms with Crippen LogP contribution in [-0.4, -0.2) is 59.2 Å². The summed E-state index contributed by atoms with van der Waals surface area (Å²) >= 11 is 0. The summed E-state index contributed by atoms with van der Waals surface area (Å²) in [6.45, 7) is 2.44. The van der Waals surface area contributed by atoms with Gasteiger partial charge in [0.15, 0.2) is 5.60 Å². The predicted molar refractivity (Wildman–Crippen MR) is 79.4 cm³/mol. The Kier molecular flexibility index (Phi) is 5.54. The summed E-state index contributed by atoms with van der Waals surface area (Å²) in [6.07, 6.45) is -6.15. The average Bonchev–Trinajstić information content (AvgIpc) is 2.48. The summed E-state index contributed by atoms with van der Waals surface area (Å²) in [5.41, 5.74) is -1.50. The Balaban J connectivity index is 1.74. The van der Waals surface area contributed by atoms with Crippen molar-refractivity contribution in [1.82, 2.24) is 4.90 Å². The van der Waals surface area contributed by atoms with Crippen molar-refractivity contribution in [2.45, 2.75) is 37.6 Å². The zero-order chi connectivity index (χ0) is 17.1. The van der Waals surface area contributed by atoms with E-state index in [1.54, 1.807) is 17.0 Å². The first-order chi connectivity index (χ1) is 10.7. The third-order valence-corrected chi connectivity index (χ3v) is 4.14. The molecule has 1 aliphatic rings. The number of β-amino-alcohol motifs (C(OH)–C–C–N with tert-alkyl or cyclic N) is 1. The largest absolute Gasteiger partial charge is 0.491 e. The van der Waals surface area contributed by atoms with Crippen LogP contribution < -0.4 is 4.74 Å². The molecule has 0 aromatic heterocycles. The lowest BCUT2D eigenvalue weighted by Gasteiger charge is -2.39. The minimum atomic E-state index is -4.60. The molecule has 0 aliphatic carbocycles. The van der Waals surface area contributed by atoms with E-state index in [1.807, 2.05) is 19.1 Å². The van der Waals surface area contributed by atoms with Crippen molar-refractivity contribution in [1.29, 1.82) is 0 Å². The van der Waals surface area contributed by atoms with E-state index in [0.717, 1.165) is 5.56 Å². The molecule has 0 amide bonds. The Morgan fingerprint density at radius 1 is 1.22 bits per heavy atom. The number of aliphatic hydroxyl groups excluding tert-OH is 1. The molecule has 1 atom stereocenters. The van der Waals surface area contributed by atoms with Gasteiger partial charge in [0.1, 0.15) is 18.5 Å². The van der Waals surface area contributed by atoms with Crippen molar-refractivity contribution in [3.8, 4) is 5.75 Å². The van der Waals surface area contributed by atoms with Crippen LogP contribution in [0.25, 0.3) is 0 Å². The maximum atomic E-state index is 12.7. The molecule has 0 spiro atoms. The lowest BCUT2D eigenvalue weighted by Crippen LogP contribution is -2.54. The van der Waals surface area contributed by atoms with Crippen molar-refractivity contribution < 1.29 is 28.1 Å². The van der Waals surface area contributed by atoms with E-state index in [2.05, 4.69) is 0 Å². The fourth-order valence-corrected chi connectivity index (χ4v) is 2.57. The van der Waals surface area contributed by atoms with E-state index in [9.17, 15) is 23.4 Å². The summed E-state index contributed by atoms with van der Waals surface area (Å²) in [5.74, 6) is 0.639. The molecule has 2 rings (SSSR count). The van der Waals surface area contributed by atoms with E-state index < -0.39 is 17.9 Å². The van der Waals surface area contributed by atoms with Gasteiger partial charge in [0.2, 0.25) is 0 Å². The second-order valence-corrected chi connectivity index (χ2v) is 6.11. The maximum Gasteiger partial charge on any atom is 0.417 e. The summed E-state index contributed by atoms with van der Waals surface area (Å²) < 4.78 is 43.6. The minimum Gasteiger partial charge on any atom is -0.491 e. The van der Waals surface area contributed by atoms with Crippen molar-refractivity contribution in [3.05, 3.63) is 29.8 Å². The van der Waals surface area contributed by atoms with Crippen LogP contribution in [0.5, 0.6) is 5.75 Å². The molecule has 0 radical (unpaired) electrons. The third kappa shape index (κ3) is 4.83. The van der Waals surface area contributed by atoms with E-state index in [-0.39, 0.29) is 39.1 Å². The molecular formula is C16H22F3NO3. The number of aryl methyl sites for hydroxylation is 1. The quantitative estimate of drug-likeness (QED) is 0.867. The van der Waals surface area contributed by atoms with Crippen LogP contribution in [0.2, 0.25) is 0 Å². The number of hydrogen-bond donors (Lipinski definition) is 2. The normalized spacial score (nSPS) is 20.3. The number of halogens is 3. The number of aliphatic hydroxyl groups is 2. The first-order valence-electron chi connectivity index (χ1n) is 7.59. The standard InChI is InChI=1S/C16H22F3NO3/c1-12-2-4-14(5-3-12)23-11-13(21)10-20-8-6-15(22,7-9-20)16(17,18)19/h2-5,13,21-22H,6-11H2,1H3. The highest BCUT2D eigenvalue weighted by Crippen LogP contribution is 2.38. The molecule has 1 saturated heterocycles. The van der Waals surface area contributed by atoms with E-state index in [0.29, 0.717) is 5.75 Å². The van der Waals surface area contributed by atoms with Crippen LogP contribution in [0.3, 0.4) is 0 Å². The molecule has 2 N–H and O–H groups in total. The van der Waals surface area contributed by atoms with Gasteiger partial charge in [-0.1, -0.05) is 17.7 Å². The second kappa shape index (κ2) is 7.07. The summed E-state index contributed by atoms with van der Waals surface area (Å²) in [5, 5.41) is 19.6. The average molecular weight is 333 g/mol. The van der Waals surface area contributed by atoms with Gasteiger partial charge in [-0.15, -0.1) is 0 Å². The van der Waals surface area contributed by atoms with Crippen LogP contribution in [0.15, 0.2) is 24.3 Å². The van der Waals surface area contributed by atoms with Gasteiger partial charge in [-0.25, -0.2) is 0 Å². The summed E-state index contributed by atoms with van der Waals surface area (Å²) in [4.78, 5) is 1.71. The third-order valence-electron chi connectivity index (χ3n) is 4.14. The Hall–Kier alpha value is -1.31. The first-order valence-corrected chi connectivity index (χ1v) is 7.59. The van der Waals surface area contributed by atoms with Gasteiger partial charge in [-0.05, 0) is 31.9 Å². The van der Waals surface area contributed by atoms with Crippen LogP contribution >= 0.6 is 0 Å². The number of nitrogens with zero attached hydrogens (tertiary/aromatic N) is 1. The topological polar surface area (TPSA) is 52.9 Å². The minimum absolute atomic E-state index is 0.0725. The van der Waals surface area contributed by atoms with Crippen molar-refractivity contribution >= 4 is 0 Å². The number of piperidine rings is 1. The van der Waals surface area contributed by atoms with E-state index >= 15 is 0 Å². The van der Waals surface area contributed by atoms with Gasteiger partial charge in [-0.2, -0.15) is 13.2 Å². The van der Waals surface area contributed by atoms with Crippen LogP contribution in [0.4, 0.5) is 13.2 Å². The number of ether oxygens (including phenoxy) is 1. The lowest BCUT2D eigenvalue weighted by molar-refractivity contribution is -0.273. The molecule has 1 fully saturated rings. The van der Waals surface area contributed by atoms with E-state index in [4.69, 9.17) is 4.74 Å². The molecule has 1 aliphatic heterocycles. The lowest BCUT2D eigenvalue weighted by atomic mass is 9.90. The highest BCUT2D eigenvalue weighted by Gasteiger charge is 2.54. The van der Waals surface area contributed by atoms with Crippen LogP contribution in [-0.2, 0) is 0 Å². The van der Waals surface area contributed by atoms with Crippen molar-refractivity contribution in [3.63, 3.8) is 0 Å². The number of rotatable bonds is 5. The smallest absolute Gasteiger partial charge is 0.417 e. The Morgan fingerprint density at radius 2 is 1.78 bits per heavy atom. The fourth-order valence-electron chi connectivity index (χ4n) is 2.57. The molecule has 4 nitrogen and oxygen atoms in total. The molecule has 0 saturated carbocycles. The second-order valence-electron chi connectivity index (χ2n) is 6.11. The van der Waals surface area contributed by atoms with E-state index in [1.165, 1.54) is 0 Å². The zero-order valence-electron chi connectivity index (χ0n) is 13.0. The Morgan fingerprint density at radius 3 is 2.30 bits per heavy atom. The highest BCUT2D eigenvalue weighted by atomic mass is 19.4. The van der Waals surface area contributed by atoms with Gasteiger partial charge in [0.05, 0.1) is 0 Å². The number of likely N-dealkylation sites (tertiary alicyclic amines) is 1. The highest BCUT2D eigenvalue weighted by molar-refractivity contribution is 5.26. The molecule has 7 heteroatoms. The molecule has 1 heterocycles. The molecule has 1 aromatic carbocycles. The van der Waals surface area contributed by atoms with Gasteiger partial charge < -0.3 is 19.8 Å². The molecule has 0 bridgehead atoms. The fraction of sp³-hybridized carbons (Fsp3) is 0.625. The van der Waals surface area contributed by atoms with Gasteiger partial charge in [-0.3, -0.25) is 0 Å². The molecule has 1 aromatic rings. The molecule has 23 heavy (non-hydrogen) atoms. The molecule has 1 unspecified atom stereocenters. The SMILES string of the molecule is Cc1ccc(OCC(O)CN2CCC(O)(C(F)(F)F)CC2)cc1. The maximum absolute atomic E-state index is 12.7.